The first-order valence-electron chi connectivity index (χ1n) is 4.61. The maximum Gasteiger partial charge on any atom is 0.305 e. The van der Waals surface area contributed by atoms with Gasteiger partial charge < -0.3 is 4.74 Å². The van der Waals surface area contributed by atoms with E-state index in [4.69, 9.17) is 4.74 Å². The van der Waals surface area contributed by atoms with Gasteiger partial charge in [-0.2, -0.15) is 0 Å². The third-order valence-electron chi connectivity index (χ3n) is 2.08. The maximum atomic E-state index is 10.8. The van der Waals surface area contributed by atoms with Crippen LogP contribution in [0.4, 0.5) is 0 Å². The van der Waals surface area contributed by atoms with Crippen molar-refractivity contribution >= 4 is 5.97 Å². The molecular formula is C9H16NO2. The third kappa shape index (κ3) is 3.22. The van der Waals surface area contributed by atoms with Crippen molar-refractivity contribution in [2.45, 2.75) is 26.2 Å². The summed E-state index contributed by atoms with van der Waals surface area (Å²) >= 11 is 0. The Hall–Kier alpha value is -0.570. The number of hydrogen-bond acceptors (Lipinski definition) is 2. The van der Waals surface area contributed by atoms with Gasteiger partial charge in [-0.15, -0.1) is 0 Å². The average molecular weight is 170 g/mol. The summed E-state index contributed by atoms with van der Waals surface area (Å²) < 4.78 is 5.03. The summed E-state index contributed by atoms with van der Waals surface area (Å²) in [5.74, 6) is 0.384. The molecule has 1 rings (SSSR count). The molecule has 3 nitrogen and oxygen atoms in total. The van der Waals surface area contributed by atoms with Crippen LogP contribution >= 0.6 is 0 Å². The predicted octanol–water partition coefficient (Wildman–Crippen LogP) is 0.954. The summed E-state index contributed by atoms with van der Waals surface area (Å²) in [6, 6.07) is 0. The minimum Gasteiger partial charge on any atom is -0.465 e. The van der Waals surface area contributed by atoms with Crippen molar-refractivity contribution in [3.63, 3.8) is 0 Å². The lowest BCUT2D eigenvalue weighted by Gasteiger charge is -2.20. The maximum absolute atomic E-state index is 10.8. The minimum atomic E-state index is -0.0967. The van der Waals surface area contributed by atoms with Gasteiger partial charge in [-0.25, -0.2) is 5.32 Å². The Morgan fingerprint density at radius 2 is 2.50 bits per heavy atom. The summed E-state index contributed by atoms with van der Waals surface area (Å²) in [6.45, 7) is 4.24. The average Bonchev–Trinajstić information content (AvgIpc) is 2.16. The van der Waals surface area contributed by atoms with Gasteiger partial charge in [-0.1, -0.05) is 6.92 Å². The van der Waals surface area contributed by atoms with Crippen molar-refractivity contribution in [2.75, 3.05) is 19.7 Å². The molecule has 0 amide bonds. The minimum absolute atomic E-state index is 0.0967. The first-order valence-corrected chi connectivity index (χ1v) is 4.61. The molecule has 12 heavy (non-hydrogen) atoms. The molecular weight excluding hydrogens is 154 g/mol. The number of piperidine rings is 1. The predicted molar refractivity (Wildman–Crippen MR) is 45.8 cm³/mol. The standard InChI is InChI=1S/C9H16NO2/c1-2-9(11)12-7-8-4-3-5-10-6-8/h8H,2-7H2,1H3. The van der Waals surface area contributed by atoms with E-state index in [1.807, 2.05) is 6.92 Å². The van der Waals surface area contributed by atoms with Crippen LogP contribution in [0, 0.1) is 5.92 Å². The molecule has 1 unspecified atom stereocenters. The largest absolute Gasteiger partial charge is 0.465 e. The molecule has 1 saturated heterocycles. The van der Waals surface area contributed by atoms with Crippen molar-refractivity contribution < 1.29 is 9.53 Å². The number of ether oxygens (including phenoxy) is 1. The van der Waals surface area contributed by atoms with E-state index in [9.17, 15) is 4.79 Å². The van der Waals surface area contributed by atoms with Gasteiger partial charge in [0.1, 0.15) is 0 Å². The van der Waals surface area contributed by atoms with Gasteiger partial charge in [0.2, 0.25) is 0 Å². The van der Waals surface area contributed by atoms with Crippen molar-refractivity contribution in [1.82, 2.24) is 5.32 Å². The van der Waals surface area contributed by atoms with E-state index in [1.165, 1.54) is 0 Å². The number of hydrogen-bond donors (Lipinski definition) is 0. The monoisotopic (exact) mass is 170 g/mol. The zero-order chi connectivity index (χ0) is 8.81. The first kappa shape index (κ1) is 9.52. The van der Waals surface area contributed by atoms with E-state index in [-0.39, 0.29) is 5.97 Å². The molecule has 1 fully saturated rings. The van der Waals surface area contributed by atoms with E-state index in [1.54, 1.807) is 0 Å². The number of carbonyl (C=O) groups excluding carboxylic acids is 1. The Morgan fingerprint density at radius 3 is 3.08 bits per heavy atom. The van der Waals surface area contributed by atoms with Crippen LogP contribution in [0.2, 0.25) is 0 Å². The second kappa shape index (κ2) is 5.14. The summed E-state index contributed by atoms with van der Waals surface area (Å²) in [7, 11) is 0. The van der Waals surface area contributed by atoms with Crippen molar-refractivity contribution in [3.05, 3.63) is 0 Å². The molecule has 0 spiro atoms. The van der Waals surface area contributed by atoms with E-state index in [0.29, 0.717) is 18.9 Å². The highest BCUT2D eigenvalue weighted by Gasteiger charge is 2.14. The summed E-state index contributed by atoms with van der Waals surface area (Å²) in [5.41, 5.74) is 0. The van der Waals surface area contributed by atoms with Gasteiger partial charge in [0, 0.05) is 25.4 Å². The first-order chi connectivity index (χ1) is 5.83. The summed E-state index contributed by atoms with van der Waals surface area (Å²) in [5, 5.41) is 4.27. The smallest absolute Gasteiger partial charge is 0.305 e. The van der Waals surface area contributed by atoms with Gasteiger partial charge in [0.15, 0.2) is 0 Å². The second-order valence-corrected chi connectivity index (χ2v) is 3.17. The molecule has 1 heterocycles. The van der Waals surface area contributed by atoms with Crippen molar-refractivity contribution in [2.24, 2.45) is 5.92 Å². The zero-order valence-corrected chi connectivity index (χ0v) is 7.58. The molecule has 0 aromatic carbocycles. The number of rotatable bonds is 3. The fourth-order valence-electron chi connectivity index (χ4n) is 1.31. The van der Waals surface area contributed by atoms with Gasteiger partial charge in [0.25, 0.3) is 0 Å². The topological polar surface area (TPSA) is 40.4 Å². The third-order valence-corrected chi connectivity index (χ3v) is 2.08. The van der Waals surface area contributed by atoms with Crippen LogP contribution in [-0.2, 0) is 9.53 Å². The van der Waals surface area contributed by atoms with E-state index >= 15 is 0 Å². The van der Waals surface area contributed by atoms with Gasteiger partial charge in [-0.3, -0.25) is 4.79 Å². The van der Waals surface area contributed by atoms with Crippen LogP contribution in [0.3, 0.4) is 0 Å². The molecule has 0 N–H and O–H groups in total. The fourth-order valence-corrected chi connectivity index (χ4v) is 1.31. The Kier molecular flexibility index (Phi) is 4.08. The normalized spacial score (nSPS) is 23.6. The lowest BCUT2D eigenvalue weighted by Crippen LogP contribution is -2.28. The highest BCUT2D eigenvalue weighted by Crippen LogP contribution is 2.11. The Labute approximate surface area is 73.5 Å². The highest BCUT2D eigenvalue weighted by atomic mass is 16.5. The molecule has 69 valence electrons. The quantitative estimate of drug-likeness (QED) is 0.592. The van der Waals surface area contributed by atoms with Gasteiger partial charge >= 0.3 is 5.97 Å². The van der Waals surface area contributed by atoms with Crippen molar-refractivity contribution in [3.8, 4) is 0 Å². The molecule has 0 aliphatic carbocycles. The van der Waals surface area contributed by atoms with E-state index < -0.39 is 0 Å². The number of esters is 1. The van der Waals surface area contributed by atoms with Gasteiger partial charge in [0.05, 0.1) is 6.61 Å². The summed E-state index contributed by atoms with van der Waals surface area (Å²) in [6.07, 6.45) is 2.78. The molecule has 1 radical (unpaired) electrons. The highest BCUT2D eigenvalue weighted by molar-refractivity contribution is 5.68. The molecule has 0 aromatic rings. The lowest BCUT2D eigenvalue weighted by atomic mass is 10.0. The summed E-state index contributed by atoms with van der Waals surface area (Å²) in [4.78, 5) is 10.8. The molecule has 3 heteroatoms. The Bertz CT molecular complexity index is 141. The zero-order valence-electron chi connectivity index (χ0n) is 7.58. The molecule has 1 atom stereocenters. The second-order valence-electron chi connectivity index (χ2n) is 3.17. The van der Waals surface area contributed by atoms with Crippen LogP contribution in [0.1, 0.15) is 26.2 Å². The lowest BCUT2D eigenvalue weighted by molar-refractivity contribution is -0.144. The van der Waals surface area contributed by atoms with E-state index in [0.717, 1.165) is 25.9 Å². The van der Waals surface area contributed by atoms with Crippen LogP contribution in [0.15, 0.2) is 0 Å². The van der Waals surface area contributed by atoms with E-state index in [2.05, 4.69) is 5.32 Å². The molecule has 0 bridgehead atoms. The van der Waals surface area contributed by atoms with Crippen LogP contribution < -0.4 is 5.32 Å². The Balaban J connectivity index is 2.09. The molecule has 1 aliphatic heterocycles. The van der Waals surface area contributed by atoms with Crippen molar-refractivity contribution in [1.29, 1.82) is 0 Å². The molecule has 0 aromatic heterocycles. The molecule has 0 saturated carbocycles. The SMILES string of the molecule is CCC(=O)OCC1CCC[N]C1. The number of carbonyl (C=O) groups is 1. The molecule has 1 aliphatic rings. The van der Waals surface area contributed by atoms with Gasteiger partial charge in [-0.05, 0) is 12.8 Å². The van der Waals surface area contributed by atoms with Crippen LogP contribution in [0.5, 0.6) is 0 Å². The Morgan fingerprint density at radius 1 is 1.67 bits per heavy atom. The fraction of sp³-hybridized carbons (Fsp3) is 0.889. The van der Waals surface area contributed by atoms with Crippen LogP contribution in [-0.4, -0.2) is 25.7 Å². The van der Waals surface area contributed by atoms with Crippen LogP contribution in [0.25, 0.3) is 0 Å². The number of nitrogens with zero attached hydrogens (tertiary/aromatic N) is 1.